The van der Waals surface area contributed by atoms with Crippen molar-refractivity contribution in [2.45, 2.75) is 44.2 Å². The van der Waals surface area contributed by atoms with Crippen LogP contribution in [0.3, 0.4) is 0 Å². The molecule has 2 aliphatic heterocycles. The van der Waals surface area contributed by atoms with Crippen LogP contribution < -0.4 is 10.1 Å². The Morgan fingerprint density at radius 3 is 2.76 bits per heavy atom. The summed E-state index contributed by atoms with van der Waals surface area (Å²) in [5, 5.41) is 3.23. The van der Waals surface area contributed by atoms with Crippen LogP contribution in [-0.4, -0.2) is 60.1 Å². The lowest BCUT2D eigenvalue weighted by Crippen LogP contribution is -2.51. The highest BCUT2D eigenvalue weighted by Gasteiger charge is 2.30. The van der Waals surface area contributed by atoms with E-state index in [2.05, 4.69) is 15.2 Å². The molecule has 0 spiro atoms. The number of benzene rings is 2. The molecule has 5 rings (SSSR count). The van der Waals surface area contributed by atoms with Crippen molar-refractivity contribution in [1.82, 2.24) is 20.1 Å². The number of amides is 2. The molecule has 2 aliphatic rings. The molecule has 0 radical (unpaired) electrons. The number of halogens is 1. The maximum absolute atomic E-state index is 14.0. The molecule has 2 saturated heterocycles. The molecular formula is C26H31FN4O3. The Morgan fingerprint density at radius 2 is 2.00 bits per heavy atom. The zero-order chi connectivity index (χ0) is 23.5. The Morgan fingerprint density at radius 1 is 1.18 bits per heavy atom. The van der Waals surface area contributed by atoms with Gasteiger partial charge in [-0.25, -0.2) is 14.2 Å². The molecule has 3 heterocycles. The Hall–Kier alpha value is -3.13. The Labute approximate surface area is 198 Å². The third-order valence-corrected chi connectivity index (χ3v) is 6.91. The van der Waals surface area contributed by atoms with Crippen molar-refractivity contribution in [2.24, 2.45) is 0 Å². The minimum Gasteiger partial charge on any atom is -0.494 e. The number of ether oxygens (including phenoxy) is 1. The van der Waals surface area contributed by atoms with E-state index in [1.54, 1.807) is 6.07 Å². The van der Waals surface area contributed by atoms with Gasteiger partial charge in [-0.05, 0) is 55.5 Å². The normalized spacial score (nSPS) is 19.9. The van der Waals surface area contributed by atoms with E-state index in [-0.39, 0.29) is 29.6 Å². The van der Waals surface area contributed by atoms with Crippen molar-refractivity contribution in [1.29, 1.82) is 0 Å². The second kappa shape index (κ2) is 10.0. The number of aromatic nitrogens is 1. The van der Waals surface area contributed by atoms with Gasteiger partial charge in [0.05, 0.1) is 13.0 Å². The van der Waals surface area contributed by atoms with Gasteiger partial charge in [0.15, 0.2) is 23.0 Å². The van der Waals surface area contributed by atoms with Crippen molar-refractivity contribution in [2.75, 3.05) is 33.3 Å². The molecule has 180 valence electrons. The third kappa shape index (κ3) is 5.01. The van der Waals surface area contributed by atoms with Crippen LogP contribution >= 0.6 is 0 Å². The van der Waals surface area contributed by atoms with Crippen molar-refractivity contribution in [3.63, 3.8) is 0 Å². The first-order chi connectivity index (χ1) is 16.6. The number of para-hydroxylation sites is 2. The summed E-state index contributed by atoms with van der Waals surface area (Å²) < 4.78 is 24.9. The van der Waals surface area contributed by atoms with E-state index in [9.17, 15) is 9.18 Å². The van der Waals surface area contributed by atoms with Crippen LogP contribution in [-0.2, 0) is 6.54 Å². The minimum absolute atomic E-state index is 0.00325. The molecule has 0 aliphatic carbocycles. The molecule has 1 atom stereocenters. The number of hydrogen-bond acceptors (Lipinski definition) is 5. The Kier molecular flexibility index (Phi) is 6.67. The number of piperidine rings is 2. The lowest BCUT2D eigenvalue weighted by Gasteiger charge is -2.36. The predicted octanol–water partition coefficient (Wildman–Crippen LogP) is 4.53. The average molecular weight is 467 g/mol. The summed E-state index contributed by atoms with van der Waals surface area (Å²) in [5.41, 5.74) is 2.59. The fraction of sp³-hybridized carbons (Fsp3) is 0.462. The number of likely N-dealkylation sites (tertiary alicyclic amines) is 2. The first-order valence-electron chi connectivity index (χ1n) is 12.0. The first kappa shape index (κ1) is 22.7. The summed E-state index contributed by atoms with van der Waals surface area (Å²) in [7, 11) is 1.47. The molecule has 7 nitrogen and oxygen atoms in total. The van der Waals surface area contributed by atoms with Gasteiger partial charge in [-0.15, -0.1) is 0 Å². The SMILES string of the molecule is COc1ccc(CN2CCC(NC(=O)N3CCCC(c4nc5ccccc5o4)C3)CC2)cc1F. The van der Waals surface area contributed by atoms with E-state index in [0.717, 1.165) is 67.9 Å². The fourth-order valence-electron chi connectivity index (χ4n) is 5.00. The monoisotopic (exact) mass is 466 g/mol. The van der Waals surface area contributed by atoms with Gasteiger partial charge >= 0.3 is 6.03 Å². The maximum Gasteiger partial charge on any atom is 0.317 e. The van der Waals surface area contributed by atoms with Crippen LogP contribution in [0, 0.1) is 5.82 Å². The smallest absolute Gasteiger partial charge is 0.317 e. The van der Waals surface area contributed by atoms with Gasteiger partial charge in [-0.1, -0.05) is 18.2 Å². The van der Waals surface area contributed by atoms with Gasteiger partial charge in [0.2, 0.25) is 0 Å². The molecule has 2 fully saturated rings. The number of fused-ring (bicyclic) bond motifs is 1. The van der Waals surface area contributed by atoms with E-state index in [1.165, 1.54) is 13.2 Å². The third-order valence-electron chi connectivity index (χ3n) is 6.91. The number of hydrogen-bond donors (Lipinski definition) is 1. The summed E-state index contributed by atoms with van der Waals surface area (Å²) in [5.74, 6) is 0.779. The second-order valence-corrected chi connectivity index (χ2v) is 9.27. The molecule has 3 aromatic rings. The van der Waals surface area contributed by atoms with Gasteiger partial charge in [0.1, 0.15) is 5.52 Å². The number of nitrogens with zero attached hydrogens (tertiary/aromatic N) is 3. The molecule has 0 saturated carbocycles. The molecule has 2 amide bonds. The largest absolute Gasteiger partial charge is 0.494 e. The van der Waals surface area contributed by atoms with Crippen LogP contribution in [0.2, 0.25) is 0 Å². The number of carbonyl (C=O) groups is 1. The van der Waals surface area contributed by atoms with Gasteiger partial charge in [-0.3, -0.25) is 4.90 Å². The number of methoxy groups -OCH3 is 1. The summed E-state index contributed by atoms with van der Waals surface area (Å²) in [6.07, 6.45) is 3.67. The molecule has 8 heteroatoms. The zero-order valence-electron chi connectivity index (χ0n) is 19.5. The summed E-state index contributed by atoms with van der Waals surface area (Å²) in [6, 6.07) is 13.0. The molecule has 1 aromatic heterocycles. The molecule has 1 unspecified atom stereocenters. The molecular weight excluding hydrogens is 435 g/mol. The molecule has 1 N–H and O–H groups in total. The summed E-state index contributed by atoms with van der Waals surface area (Å²) in [6.45, 7) is 3.80. The number of rotatable bonds is 5. The molecule has 34 heavy (non-hydrogen) atoms. The van der Waals surface area contributed by atoms with Gasteiger partial charge in [0.25, 0.3) is 0 Å². The van der Waals surface area contributed by atoms with Crippen LogP contribution in [0.1, 0.15) is 43.1 Å². The Balaban J connectivity index is 1.11. The predicted molar refractivity (Wildman–Crippen MR) is 127 cm³/mol. The van der Waals surface area contributed by atoms with Crippen LogP contribution in [0.15, 0.2) is 46.9 Å². The van der Waals surface area contributed by atoms with Gasteiger partial charge < -0.3 is 19.4 Å². The zero-order valence-corrected chi connectivity index (χ0v) is 19.5. The van der Waals surface area contributed by atoms with E-state index in [0.29, 0.717) is 13.1 Å². The second-order valence-electron chi connectivity index (χ2n) is 9.27. The number of urea groups is 1. The highest BCUT2D eigenvalue weighted by Crippen LogP contribution is 2.29. The summed E-state index contributed by atoms with van der Waals surface area (Å²) in [4.78, 5) is 21.8. The lowest BCUT2D eigenvalue weighted by molar-refractivity contribution is 0.155. The standard InChI is InChI=1S/C26H31FN4O3/c1-33-23-9-8-18(15-21(23)27)16-30-13-10-20(11-14-30)28-26(32)31-12-4-5-19(17-31)25-29-22-6-2-3-7-24(22)34-25/h2-3,6-9,15,19-20H,4-5,10-14,16-17H2,1H3,(H,28,32). The van der Waals surface area contributed by atoms with E-state index in [4.69, 9.17) is 9.15 Å². The number of nitrogens with one attached hydrogen (secondary N) is 1. The molecule has 0 bridgehead atoms. The van der Waals surface area contributed by atoms with Crippen molar-refractivity contribution in [3.05, 3.63) is 59.7 Å². The van der Waals surface area contributed by atoms with Crippen molar-refractivity contribution >= 4 is 17.1 Å². The van der Waals surface area contributed by atoms with Gasteiger partial charge in [0, 0.05) is 38.8 Å². The number of carbonyl (C=O) groups excluding carboxylic acids is 1. The fourth-order valence-corrected chi connectivity index (χ4v) is 5.00. The van der Waals surface area contributed by atoms with Crippen LogP contribution in [0.4, 0.5) is 9.18 Å². The quantitative estimate of drug-likeness (QED) is 0.598. The topological polar surface area (TPSA) is 70.8 Å². The van der Waals surface area contributed by atoms with Crippen molar-refractivity contribution < 1.29 is 18.3 Å². The van der Waals surface area contributed by atoms with E-state index in [1.807, 2.05) is 35.2 Å². The minimum atomic E-state index is -0.333. The molecule has 2 aromatic carbocycles. The average Bonchev–Trinajstić information content (AvgIpc) is 3.30. The first-order valence-corrected chi connectivity index (χ1v) is 12.0. The summed E-state index contributed by atoms with van der Waals surface area (Å²) >= 11 is 0. The van der Waals surface area contributed by atoms with Crippen LogP contribution in [0.25, 0.3) is 11.1 Å². The highest BCUT2D eigenvalue weighted by molar-refractivity contribution is 5.75. The van der Waals surface area contributed by atoms with Gasteiger partial charge in [-0.2, -0.15) is 0 Å². The van der Waals surface area contributed by atoms with E-state index >= 15 is 0 Å². The lowest BCUT2D eigenvalue weighted by atomic mass is 9.98. The Bertz CT molecular complexity index is 1110. The number of oxazole rings is 1. The highest BCUT2D eigenvalue weighted by atomic mass is 19.1. The van der Waals surface area contributed by atoms with Crippen LogP contribution in [0.5, 0.6) is 5.75 Å². The maximum atomic E-state index is 14.0. The van der Waals surface area contributed by atoms with Crippen molar-refractivity contribution in [3.8, 4) is 5.75 Å². The van der Waals surface area contributed by atoms with E-state index < -0.39 is 0 Å².